The van der Waals surface area contributed by atoms with Crippen LogP contribution in [-0.2, 0) is 10.2 Å². The first kappa shape index (κ1) is 16.7. The lowest BCUT2D eigenvalue weighted by Gasteiger charge is -2.32. The van der Waals surface area contributed by atoms with E-state index >= 15 is 0 Å². The van der Waals surface area contributed by atoms with Crippen LogP contribution in [0.2, 0.25) is 0 Å². The van der Waals surface area contributed by atoms with E-state index < -0.39 is 5.41 Å². The highest BCUT2D eigenvalue weighted by Crippen LogP contribution is 2.37. The van der Waals surface area contributed by atoms with E-state index in [0.717, 1.165) is 67.9 Å². The van der Waals surface area contributed by atoms with Gasteiger partial charge in [-0.25, -0.2) is 0 Å². The summed E-state index contributed by atoms with van der Waals surface area (Å²) in [6.45, 7) is 9.15. The molecule has 0 saturated carbocycles. The minimum atomic E-state index is -0.562. The molecular formula is C20H28N2O3. The van der Waals surface area contributed by atoms with Gasteiger partial charge in [0.25, 0.3) is 0 Å². The maximum absolute atomic E-state index is 13.3. The van der Waals surface area contributed by atoms with Crippen LogP contribution in [0.3, 0.4) is 0 Å². The van der Waals surface area contributed by atoms with E-state index in [-0.39, 0.29) is 5.91 Å². The first-order valence-electron chi connectivity index (χ1n) is 9.46. The summed E-state index contributed by atoms with van der Waals surface area (Å²) in [4.78, 5) is 15.4. The first-order chi connectivity index (χ1) is 12.1. The number of likely N-dealkylation sites (tertiary alicyclic amines) is 1. The third-order valence-electron chi connectivity index (χ3n) is 6.11. The molecule has 3 aliphatic rings. The number of ether oxygens (including phenoxy) is 2. The lowest BCUT2D eigenvalue weighted by molar-refractivity contribution is -0.136. The van der Waals surface area contributed by atoms with Crippen LogP contribution in [0, 0.1) is 11.8 Å². The van der Waals surface area contributed by atoms with Crippen LogP contribution in [0.15, 0.2) is 18.2 Å². The van der Waals surface area contributed by atoms with Gasteiger partial charge in [0.1, 0.15) is 13.2 Å². The number of carbonyl (C=O) groups is 1. The molecule has 1 aromatic carbocycles. The van der Waals surface area contributed by atoms with Crippen molar-refractivity contribution in [3.63, 3.8) is 0 Å². The summed E-state index contributed by atoms with van der Waals surface area (Å²) >= 11 is 0. The van der Waals surface area contributed by atoms with Crippen LogP contribution in [-0.4, -0.2) is 50.2 Å². The molecule has 5 heteroatoms. The number of benzene rings is 1. The zero-order valence-corrected chi connectivity index (χ0v) is 15.2. The average Bonchev–Trinajstić information content (AvgIpc) is 2.99. The fourth-order valence-corrected chi connectivity index (χ4v) is 4.37. The smallest absolute Gasteiger partial charge is 0.232 e. The van der Waals surface area contributed by atoms with Gasteiger partial charge < -0.3 is 19.7 Å². The number of amides is 1. The fourth-order valence-electron chi connectivity index (χ4n) is 4.37. The molecule has 2 saturated heterocycles. The Morgan fingerprint density at radius 3 is 2.40 bits per heavy atom. The van der Waals surface area contributed by atoms with Gasteiger partial charge in [0.2, 0.25) is 5.91 Å². The van der Waals surface area contributed by atoms with Gasteiger partial charge in [-0.3, -0.25) is 4.79 Å². The summed E-state index contributed by atoms with van der Waals surface area (Å²) in [6.07, 6.45) is 2.22. The Labute approximate surface area is 149 Å². The largest absolute Gasteiger partial charge is 0.486 e. The highest BCUT2D eigenvalue weighted by atomic mass is 16.6. The van der Waals surface area contributed by atoms with Crippen molar-refractivity contribution in [1.29, 1.82) is 0 Å². The monoisotopic (exact) mass is 344 g/mol. The number of nitrogens with zero attached hydrogens (tertiary/aromatic N) is 1. The highest BCUT2D eigenvalue weighted by molar-refractivity contribution is 5.87. The molecule has 0 bridgehead atoms. The predicted octanol–water partition coefficient (Wildman–Crippen LogP) is 2.19. The van der Waals surface area contributed by atoms with Crippen LogP contribution in [0.1, 0.15) is 32.3 Å². The first-order valence-corrected chi connectivity index (χ1v) is 9.46. The maximum atomic E-state index is 13.3. The van der Waals surface area contributed by atoms with Gasteiger partial charge in [-0.15, -0.1) is 0 Å². The third kappa shape index (κ3) is 3.10. The number of carbonyl (C=O) groups excluding carboxylic acids is 1. The second kappa shape index (κ2) is 6.52. The van der Waals surface area contributed by atoms with Crippen molar-refractivity contribution in [2.45, 2.75) is 32.1 Å². The second-order valence-corrected chi connectivity index (χ2v) is 8.03. The molecule has 0 unspecified atom stereocenters. The molecule has 0 aliphatic carbocycles. The molecular weight excluding hydrogens is 316 g/mol. The van der Waals surface area contributed by atoms with Crippen molar-refractivity contribution in [3.05, 3.63) is 23.8 Å². The van der Waals surface area contributed by atoms with Crippen LogP contribution < -0.4 is 14.8 Å². The molecule has 0 radical (unpaired) electrons. The van der Waals surface area contributed by atoms with Crippen molar-refractivity contribution < 1.29 is 14.3 Å². The quantitative estimate of drug-likeness (QED) is 0.894. The zero-order valence-electron chi connectivity index (χ0n) is 15.2. The molecule has 136 valence electrons. The van der Waals surface area contributed by atoms with E-state index in [1.807, 2.05) is 32.0 Å². The van der Waals surface area contributed by atoms with Crippen molar-refractivity contribution in [3.8, 4) is 11.5 Å². The third-order valence-corrected chi connectivity index (χ3v) is 6.11. The molecule has 3 heterocycles. The molecule has 25 heavy (non-hydrogen) atoms. The maximum Gasteiger partial charge on any atom is 0.232 e. The Kier molecular flexibility index (Phi) is 4.36. The Morgan fingerprint density at radius 1 is 1.08 bits per heavy atom. The Bertz CT molecular complexity index is 644. The molecule has 2 fully saturated rings. The molecule has 2 atom stereocenters. The molecule has 3 aliphatic heterocycles. The number of hydrogen-bond donors (Lipinski definition) is 1. The van der Waals surface area contributed by atoms with Gasteiger partial charge in [0.05, 0.1) is 5.41 Å². The van der Waals surface area contributed by atoms with E-state index in [2.05, 4.69) is 10.2 Å². The van der Waals surface area contributed by atoms with Crippen LogP contribution in [0.25, 0.3) is 0 Å². The van der Waals surface area contributed by atoms with E-state index in [1.54, 1.807) is 0 Å². The molecule has 4 rings (SSSR count). The van der Waals surface area contributed by atoms with Crippen LogP contribution in [0.5, 0.6) is 11.5 Å². The molecule has 0 spiro atoms. The summed E-state index contributed by atoms with van der Waals surface area (Å²) in [6, 6.07) is 5.90. The summed E-state index contributed by atoms with van der Waals surface area (Å²) in [5.41, 5.74) is 0.431. The van der Waals surface area contributed by atoms with E-state index in [1.165, 1.54) is 0 Å². The minimum Gasteiger partial charge on any atom is -0.486 e. The Hall–Kier alpha value is -1.75. The van der Waals surface area contributed by atoms with Crippen LogP contribution >= 0.6 is 0 Å². The van der Waals surface area contributed by atoms with Crippen molar-refractivity contribution in [1.82, 2.24) is 10.2 Å². The van der Waals surface area contributed by atoms with Crippen molar-refractivity contribution in [2.24, 2.45) is 11.8 Å². The SMILES string of the molecule is CC(C)(C(=O)N1CC[C@@H]2CNC[C@@H]2CC1)c1ccc2c(c1)OCCO2. The van der Waals surface area contributed by atoms with Gasteiger partial charge in [0.15, 0.2) is 11.5 Å². The molecule has 1 N–H and O–H groups in total. The predicted molar refractivity (Wildman–Crippen MR) is 96.1 cm³/mol. The topological polar surface area (TPSA) is 50.8 Å². The van der Waals surface area contributed by atoms with Gasteiger partial charge in [0, 0.05) is 13.1 Å². The van der Waals surface area contributed by atoms with Gasteiger partial charge in [-0.2, -0.15) is 0 Å². The van der Waals surface area contributed by atoms with Gasteiger partial charge >= 0.3 is 0 Å². The summed E-state index contributed by atoms with van der Waals surface area (Å²) in [5.74, 6) is 3.21. The highest BCUT2D eigenvalue weighted by Gasteiger charge is 2.38. The second-order valence-electron chi connectivity index (χ2n) is 8.03. The number of nitrogens with one attached hydrogen (secondary N) is 1. The van der Waals surface area contributed by atoms with Crippen molar-refractivity contribution >= 4 is 5.91 Å². The van der Waals surface area contributed by atoms with E-state index in [4.69, 9.17) is 9.47 Å². The minimum absolute atomic E-state index is 0.220. The van der Waals surface area contributed by atoms with Crippen LogP contribution in [0.4, 0.5) is 0 Å². The van der Waals surface area contributed by atoms with Gasteiger partial charge in [-0.05, 0) is 69.3 Å². The number of hydrogen-bond acceptors (Lipinski definition) is 4. The normalized spacial score (nSPS) is 26.1. The van der Waals surface area contributed by atoms with Crippen molar-refractivity contribution in [2.75, 3.05) is 39.4 Å². The molecule has 1 amide bonds. The lowest BCUT2D eigenvalue weighted by atomic mass is 9.82. The zero-order chi connectivity index (χ0) is 17.4. The van der Waals surface area contributed by atoms with E-state index in [9.17, 15) is 4.79 Å². The summed E-state index contributed by atoms with van der Waals surface area (Å²) < 4.78 is 11.3. The van der Waals surface area contributed by atoms with E-state index in [0.29, 0.717) is 13.2 Å². The molecule has 0 aromatic heterocycles. The number of fused-ring (bicyclic) bond motifs is 2. The summed E-state index contributed by atoms with van der Waals surface area (Å²) in [7, 11) is 0. The lowest BCUT2D eigenvalue weighted by Crippen LogP contribution is -2.44. The average molecular weight is 344 g/mol. The number of rotatable bonds is 2. The van der Waals surface area contributed by atoms with Gasteiger partial charge in [-0.1, -0.05) is 6.07 Å². The molecule has 1 aromatic rings. The fraction of sp³-hybridized carbons (Fsp3) is 0.650. The Morgan fingerprint density at radius 2 is 1.72 bits per heavy atom. The Balaban J connectivity index is 1.52. The molecule has 5 nitrogen and oxygen atoms in total. The summed E-state index contributed by atoms with van der Waals surface area (Å²) in [5, 5.41) is 3.49. The standard InChI is InChI=1S/C20H28N2O3/c1-20(2,16-3-4-17-18(11-16)25-10-9-24-17)19(23)22-7-5-14-12-21-13-15(14)6-8-22/h3-4,11,14-15,21H,5-10,12-13H2,1-2H3/t14-,15+.